The minimum absolute atomic E-state index is 0.116. The Morgan fingerprint density at radius 2 is 1.85 bits per heavy atom. The highest BCUT2D eigenvalue weighted by Gasteiger charge is 2.17. The topological polar surface area (TPSA) is 71.5 Å². The van der Waals surface area contributed by atoms with Gasteiger partial charge >= 0.3 is 0 Å². The van der Waals surface area contributed by atoms with Gasteiger partial charge in [0.2, 0.25) is 5.91 Å². The number of rotatable bonds is 5. The molecule has 7 heteroatoms. The first kappa shape index (κ1) is 18.4. The number of carbonyl (C=O) groups is 2. The van der Waals surface area contributed by atoms with Crippen LogP contribution in [-0.4, -0.2) is 41.9 Å². The summed E-state index contributed by atoms with van der Waals surface area (Å²) in [6, 6.07) is 6.88. The summed E-state index contributed by atoms with van der Waals surface area (Å²) in [5.74, 6) is 0.586. The van der Waals surface area contributed by atoms with Crippen LogP contribution in [0.3, 0.4) is 0 Å². The van der Waals surface area contributed by atoms with Gasteiger partial charge in [-0.3, -0.25) is 14.9 Å². The molecule has 0 radical (unpaired) electrons. The number of likely N-dealkylation sites (tertiary alicyclic amines) is 1. The van der Waals surface area contributed by atoms with Crippen LogP contribution in [0.2, 0.25) is 0 Å². The van der Waals surface area contributed by atoms with Gasteiger partial charge in [0.25, 0.3) is 5.91 Å². The normalized spacial score (nSPS) is 14.6. The number of carbonyl (C=O) groups excluding carboxylic acids is 2. The number of thiazole rings is 1. The number of nitrogens with zero attached hydrogens (tertiary/aromatic N) is 2. The maximum Gasteiger partial charge on any atom is 0.257 e. The maximum absolute atomic E-state index is 12.4. The molecule has 1 aliphatic rings. The van der Waals surface area contributed by atoms with Crippen molar-refractivity contribution in [3.63, 3.8) is 0 Å². The zero-order chi connectivity index (χ0) is 18.4. The molecule has 3 rings (SSSR count). The van der Waals surface area contributed by atoms with E-state index in [9.17, 15) is 9.59 Å². The van der Waals surface area contributed by atoms with Crippen molar-refractivity contribution in [3.8, 4) is 5.75 Å². The van der Waals surface area contributed by atoms with E-state index in [4.69, 9.17) is 4.74 Å². The molecule has 6 nitrogen and oxygen atoms in total. The third kappa shape index (κ3) is 4.82. The van der Waals surface area contributed by atoms with Gasteiger partial charge in [0.05, 0.1) is 19.2 Å². The fourth-order valence-corrected chi connectivity index (χ4v) is 3.65. The number of ether oxygens (including phenoxy) is 1. The van der Waals surface area contributed by atoms with E-state index >= 15 is 0 Å². The Hall–Kier alpha value is -2.41. The van der Waals surface area contributed by atoms with E-state index in [-0.39, 0.29) is 18.2 Å². The Kier molecular flexibility index (Phi) is 6.22. The number of hydrogen-bond acceptors (Lipinski definition) is 5. The van der Waals surface area contributed by atoms with Crippen LogP contribution >= 0.6 is 11.3 Å². The van der Waals surface area contributed by atoms with Gasteiger partial charge in [-0.2, -0.15) is 0 Å². The summed E-state index contributed by atoms with van der Waals surface area (Å²) in [6.45, 7) is 1.67. The molecule has 1 aromatic carbocycles. The van der Waals surface area contributed by atoms with E-state index in [0.717, 1.165) is 25.9 Å². The molecule has 2 amide bonds. The van der Waals surface area contributed by atoms with Gasteiger partial charge in [-0.05, 0) is 37.1 Å². The number of benzene rings is 1. The van der Waals surface area contributed by atoms with Crippen LogP contribution in [0.5, 0.6) is 5.75 Å². The Balaban J connectivity index is 1.56. The third-order valence-electron chi connectivity index (χ3n) is 4.42. The van der Waals surface area contributed by atoms with Crippen LogP contribution in [0, 0.1) is 0 Å². The molecule has 2 heterocycles. The lowest BCUT2D eigenvalue weighted by Crippen LogP contribution is -2.33. The summed E-state index contributed by atoms with van der Waals surface area (Å²) >= 11 is 1.33. The second-order valence-electron chi connectivity index (χ2n) is 6.30. The summed E-state index contributed by atoms with van der Waals surface area (Å²) in [7, 11) is 1.58. The van der Waals surface area contributed by atoms with Gasteiger partial charge in [-0.25, -0.2) is 4.98 Å². The fraction of sp³-hybridized carbons (Fsp3) is 0.421. The molecule has 0 bridgehead atoms. The van der Waals surface area contributed by atoms with E-state index in [1.54, 1.807) is 31.4 Å². The minimum Gasteiger partial charge on any atom is -0.497 e. The number of methoxy groups -OCH3 is 1. The lowest BCUT2D eigenvalue weighted by molar-refractivity contribution is -0.130. The first-order valence-corrected chi connectivity index (χ1v) is 9.71. The number of hydrogen-bond donors (Lipinski definition) is 1. The molecule has 2 aromatic rings. The summed E-state index contributed by atoms with van der Waals surface area (Å²) in [4.78, 5) is 31.0. The molecular weight excluding hydrogens is 350 g/mol. The predicted octanol–water partition coefficient (Wildman–Crippen LogP) is 3.35. The number of anilines is 1. The molecule has 1 saturated heterocycles. The largest absolute Gasteiger partial charge is 0.497 e. The Bertz CT molecular complexity index is 750. The van der Waals surface area contributed by atoms with Crippen LogP contribution in [0.25, 0.3) is 0 Å². The second kappa shape index (κ2) is 8.80. The highest BCUT2D eigenvalue weighted by molar-refractivity contribution is 7.14. The van der Waals surface area contributed by atoms with Gasteiger partial charge in [0.1, 0.15) is 5.75 Å². The van der Waals surface area contributed by atoms with Gasteiger partial charge < -0.3 is 9.64 Å². The molecule has 0 atom stereocenters. The van der Waals surface area contributed by atoms with Crippen molar-refractivity contribution < 1.29 is 14.3 Å². The van der Waals surface area contributed by atoms with E-state index < -0.39 is 0 Å². The molecule has 1 fully saturated rings. The maximum atomic E-state index is 12.4. The van der Waals surface area contributed by atoms with Gasteiger partial charge in [0, 0.05) is 24.0 Å². The smallest absolute Gasteiger partial charge is 0.257 e. The van der Waals surface area contributed by atoms with Crippen LogP contribution in [0.4, 0.5) is 5.13 Å². The Morgan fingerprint density at radius 3 is 2.50 bits per heavy atom. The highest BCUT2D eigenvalue weighted by Crippen LogP contribution is 2.19. The quantitative estimate of drug-likeness (QED) is 0.872. The zero-order valence-corrected chi connectivity index (χ0v) is 15.7. The van der Waals surface area contributed by atoms with Crippen LogP contribution in [-0.2, 0) is 11.2 Å². The third-order valence-corrected chi connectivity index (χ3v) is 5.22. The Morgan fingerprint density at radius 1 is 1.15 bits per heavy atom. The average molecular weight is 373 g/mol. The second-order valence-corrected chi connectivity index (χ2v) is 7.16. The molecule has 138 valence electrons. The van der Waals surface area contributed by atoms with E-state index in [1.165, 1.54) is 24.2 Å². The van der Waals surface area contributed by atoms with Crippen molar-refractivity contribution in [2.75, 3.05) is 25.5 Å². The summed E-state index contributed by atoms with van der Waals surface area (Å²) in [5.41, 5.74) is 1.23. The average Bonchev–Trinajstić information content (AvgIpc) is 2.92. The lowest BCUT2D eigenvalue weighted by Gasteiger charge is -2.19. The lowest BCUT2D eigenvalue weighted by atomic mass is 10.2. The standard InChI is InChI=1S/C19H23N3O3S/c1-25-16-8-6-14(7-9-16)18(24)21-19-20-15(13-26-19)12-17(23)22-10-4-2-3-5-11-22/h6-9,13H,2-5,10-12H2,1H3,(H,20,21,24). The minimum atomic E-state index is -0.229. The van der Waals surface area contributed by atoms with Crippen molar-refractivity contribution >= 4 is 28.3 Å². The number of amides is 2. The van der Waals surface area contributed by atoms with E-state index in [1.807, 2.05) is 10.3 Å². The molecule has 26 heavy (non-hydrogen) atoms. The van der Waals surface area contributed by atoms with Crippen molar-refractivity contribution in [2.45, 2.75) is 32.1 Å². The molecular formula is C19H23N3O3S. The van der Waals surface area contributed by atoms with Gasteiger partial charge in [-0.1, -0.05) is 12.8 Å². The van der Waals surface area contributed by atoms with E-state index in [0.29, 0.717) is 22.1 Å². The van der Waals surface area contributed by atoms with Crippen molar-refractivity contribution in [2.24, 2.45) is 0 Å². The monoisotopic (exact) mass is 373 g/mol. The van der Waals surface area contributed by atoms with Crippen LogP contribution < -0.4 is 10.1 Å². The fourth-order valence-electron chi connectivity index (χ4n) is 2.94. The summed E-state index contributed by atoms with van der Waals surface area (Å²) < 4.78 is 5.09. The highest BCUT2D eigenvalue weighted by atomic mass is 32.1. The molecule has 0 spiro atoms. The van der Waals surface area contributed by atoms with Crippen molar-refractivity contribution in [3.05, 3.63) is 40.9 Å². The molecule has 1 N–H and O–H groups in total. The van der Waals surface area contributed by atoms with Crippen LogP contribution in [0.1, 0.15) is 41.7 Å². The first-order valence-electron chi connectivity index (χ1n) is 8.83. The molecule has 1 aliphatic heterocycles. The molecule has 0 unspecified atom stereocenters. The summed E-state index contributed by atoms with van der Waals surface area (Å²) in [6.07, 6.45) is 4.83. The van der Waals surface area contributed by atoms with Crippen molar-refractivity contribution in [1.29, 1.82) is 0 Å². The predicted molar refractivity (Wildman–Crippen MR) is 102 cm³/mol. The molecule has 0 aliphatic carbocycles. The zero-order valence-electron chi connectivity index (χ0n) is 14.9. The van der Waals surface area contributed by atoms with Crippen LogP contribution in [0.15, 0.2) is 29.6 Å². The SMILES string of the molecule is COc1ccc(C(=O)Nc2nc(CC(=O)N3CCCCCC3)cs2)cc1. The number of aromatic nitrogens is 1. The van der Waals surface area contributed by atoms with Crippen molar-refractivity contribution in [1.82, 2.24) is 9.88 Å². The van der Waals surface area contributed by atoms with Gasteiger partial charge in [-0.15, -0.1) is 11.3 Å². The first-order chi connectivity index (χ1) is 12.7. The Labute approximate surface area is 157 Å². The summed E-state index contributed by atoms with van der Waals surface area (Å²) in [5, 5.41) is 5.12. The van der Waals surface area contributed by atoms with Gasteiger partial charge in [0.15, 0.2) is 5.13 Å². The molecule has 0 saturated carbocycles. The number of nitrogens with one attached hydrogen (secondary N) is 1. The molecule has 1 aromatic heterocycles. The van der Waals surface area contributed by atoms with E-state index in [2.05, 4.69) is 10.3 Å².